The maximum Gasteiger partial charge on any atom is 0.474 e. The Labute approximate surface area is 216 Å². The van der Waals surface area contributed by atoms with Crippen molar-refractivity contribution in [2.24, 2.45) is 0 Å². The lowest BCUT2D eigenvalue weighted by Gasteiger charge is -2.18. The molecule has 0 radical (unpaired) electrons. The molecule has 0 rings (SSSR count). The predicted molar refractivity (Wildman–Crippen MR) is 155 cm³/mol. The van der Waals surface area contributed by atoms with Crippen LogP contribution in [0.25, 0.3) is 0 Å². The summed E-state index contributed by atoms with van der Waals surface area (Å²) >= 11 is 0. The first-order chi connectivity index (χ1) is 16.5. The van der Waals surface area contributed by atoms with E-state index in [0.717, 1.165) is 0 Å². The molecule has 0 spiro atoms. The average Bonchev–Trinajstić information content (AvgIpc) is 2.85. The third-order valence-electron chi connectivity index (χ3n) is 6.22. The number of phosphoric ester groups is 1. The van der Waals surface area contributed by atoms with Gasteiger partial charge in [-0.2, -0.15) is 0 Å². The van der Waals surface area contributed by atoms with Gasteiger partial charge >= 0.3 is 7.82 Å². The minimum atomic E-state index is -3.18. The highest BCUT2D eigenvalue weighted by molar-refractivity contribution is 7.57. The normalized spacial score (nSPS) is 11.6. The van der Waals surface area contributed by atoms with Crippen LogP contribution in [0.2, 0.25) is 0 Å². The monoisotopic (exact) mass is 524 g/mol. The molecule has 0 aliphatic carbocycles. The van der Waals surface area contributed by atoms with Crippen LogP contribution in [0.4, 0.5) is 0 Å². The maximum atomic E-state index is 10.9. The Morgan fingerprint density at radius 3 is 1.03 bits per heavy atom. The second kappa shape index (κ2) is 29.8. The molecule has 0 aromatic carbocycles. The molecule has 0 aromatic rings. The molecule has 0 amide bonds. The minimum Gasteiger partial charge on any atom is -0.290 e. The second-order valence-corrected chi connectivity index (χ2v) is 13.9. The van der Waals surface area contributed by atoms with Crippen LogP contribution < -0.4 is 0 Å². The first-order valence-corrected chi connectivity index (χ1v) is 18.0. The zero-order valence-corrected chi connectivity index (χ0v) is 25.9. The van der Waals surface area contributed by atoms with Crippen molar-refractivity contribution in [3.63, 3.8) is 0 Å². The highest BCUT2D eigenvalue weighted by Crippen LogP contribution is 2.47. The second-order valence-electron chi connectivity index (χ2n) is 9.38. The molecule has 0 aliphatic heterocycles. The fraction of sp³-hybridized carbons (Fsp3) is 1.00. The first-order valence-electron chi connectivity index (χ1n) is 14.6. The van der Waals surface area contributed by atoms with E-state index in [-0.39, 0.29) is 0 Å². The summed E-state index contributed by atoms with van der Waals surface area (Å²) in [4.78, 5) is 0. The van der Waals surface area contributed by atoms with Crippen molar-refractivity contribution >= 4 is 15.7 Å². The summed E-state index contributed by atoms with van der Waals surface area (Å²) in [6.07, 6.45) is 31.2. The Hall–Kier alpha value is 0.540. The van der Waals surface area contributed by atoms with Gasteiger partial charge in [-0.1, -0.05) is 117 Å². The molecular weight excluding hydrogens is 462 g/mol. The van der Waals surface area contributed by atoms with Crippen LogP contribution >= 0.6 is 15.7 Å². The molecule has 0 aromatic heterocycles. The standard InChI is InChI=1S/C24H51P.C4H11O4P/c1-4-7-10-13-16-19-22-25(23-20-17-14-11-8-5-2)24-21-18-15-12-9-6-3;1-4-8-9(5,6-2)7-3/h4-24H2,1-3H3;4H2,1-3H3. The molecule has 0 unspecified atom stereocenters. The largest absolute Gasteiger partial charge is 0.474 e. The van der Waals surface area contributed by atoms with Gasteiger partial charge in [-0.05, 0) is 44.7 Å². The zero-order chi connectivity index (χ0) is 25.8. The van der Waals surface area contributed by atoms with Gasteiger partial charge in [0.05, 0.1) is 6.61 Å². The van der Waals surface area contributed by atoms with Crippen molar-refractivity contribution in [2.75, 3.05) is 39.3 Å². The van der Waals surface area contributed by atoms with E-state index in [4.69, 9.17) is 0 Å². The van der Waals surface area contributed by atoms with Gasteiger partial charge in [0, 0.05) is 14.2 Å². The van der Waals surface area contributed by atoms with Gasteiger partial charge in [0.25, 0.3) is 0 Å². The molecule has 0 saturated heterocycles. The van der Waals surface area contributed by atoms with E-state index in [1.807, 2.05) is 0 Å². The molecule has 6 heteroatoms. The molecule has 0 saturated carbocycles. The van der Waals surface area contributed by atoms with Gasteiger partial charge in [0.1, 0.15) is 0 Å². The van der Waals surface area contributed by atoms with E-state index in [9.17, 15) is 4.57 Å². The molecule has 0 fully saturated rings. The van der Waals surface area contributed by atoms with Gasteiger partial charge in [0.15, 0.2) is 0 Å². The Balaban J connectivity index is 0. The Morgan fingerprint density at radius 2 is 0.794 bits per heavy atom. The van der Waals surface area contributed by atoms with Gasteiger partial charge in [-0.25, -0.2) is 4.57 Å². The first kappa shape index (κ1) is 36.7. The Morgan fingerprint density at radius 1 is 0.500 bits per heavy atom. The summed E-state index contributed by atoms with van der Waals surface area (Å²) in [6.45, 7) is 8.99. The molecule has 0 N–H and O–H groups in total. The number of hydrogen-bond donors (Lipinski definition) is 0. The molecular formula is C28H62O4P2. The van der Waals surface area contributed by atoms with Crippen molar-refractivity contribution in [1.82, 2.24) is 0 Å². The van der Waals surface area contributed by atoms with Crippen molar-refractivity contribution in [3.05, 3.63) is 0 Å². The van der Waals surface area contributed by atoms with Crippen LogP contribution in [-0.4, -0.2) is 39.3 Å². The van der Waals surface area contributed by atoms with Crippen LogP contribution in [0.5, 0.6) is 0 Å². The van der Waals surface area contributed by atoms with Crippen LogP contribution in [0.1, 0.15) is 143 Å². The third-order valence-corrected chi connectivity index (χ3v) is 10.5. The summed E-state index contributed by atoms with van der Waals surface area (Å²) < 4.78 is 24.4. The van der Waals surface area contributed by atoms with Crippen LogP contribution in [0.15, 0.2) is 0 Å². The van der Waals surface area contributed by atoms with Crippen molar-refractivity contribution in [1.29, 1.82) is 0 Å². The van der Waals surface area contributed by atoms with E-state index >= 15 is 0 Å². The zero-order valence-electron chi connectivity index (χ0n) is 24.1. The van der Waals surface area contributed by atoms with Crippen LogP contribution in [0, 0.1) is 0 Å². The quantitative estimate of drug-likeness (QED) is 0.0880. The smallest absolute Gasteiger partial charge is 0.290 e. The lowest BCUT2D eigenvalue weighted by Crippen LogP contribution is -1.97. The topological polar surface area (TPSA) is 44.8 Å². The fourth-order valence-corrected chi connectivity index (χ4v) is 7.38. The maximum absolute atomic E-state index is 10.9. The van der Waals surface area contributed by atoms with E-state index in [1.54, 1.807) is 25.4 Å². The number of rotatable bonds is 25. The molecule has 0 atom stereocenters. The average molecular weight is 525 g/mol. The SMILES string of the molecule is CCCCCCCCP(CCCCCCCC)CCCCCCCC.CCOP(=O)(OC)OC. The minimum absolute atomic E-state index is 0.318. The van der Waals surface area contributed by atoms with Gasteiger partial charge < -0.3 is 0 Å². The lowest BCUT2D eigenvalue weighted by molar-refractivity contribution is 0.158. The summed E-state index contributed by atoms with van der Waals surface area (Å²) in [5, 5.41) is 0. The van der Waals surface area contributed by atoms with E-state index in [0.29, 0.717) is 14.5 Å². The van der Waals surface area contributed by atoms with Crippen molar-refractivity contribution in [2.45, 2.75) is 143 Å². The summed E-state index contributed by atoms with van der Waals surface area (Å²) in [5.41, 5.74) is 0. The summed E-state index contributed by atoms with van der Waals surface area (Å²) in [5.74, 6) is 0. The molecule has 4 nitrogen and oxygen atoms in total. The summed E-state index contributed by atoms with van der Waals surface area (Å²) in [6, 6.07) is 0. The van der Waals surface area contributed by atoms with E-state index < -0.39 is 7.82 Å². The Kier molecular flexibility index (Phi) is 32.1. The third kappa shape index (κ3) is 27.1. The van der Waals surface area contributed by atoms with E-state index in [2.05, 4.69) is 34.3 Å². The molecule has 0 aliphatic rings. The van der Waals surface area contributed by atoms with E-state index in [1.165, 1.54) is 130 Å². The van der Waals surface area contributed by atoms with Crippen molar-refractivity contribution in [3.8, 4) is 0 Å². The number of phosphoric acid groups is 1. The number of hydrogen-bond acceptors (Lipinski definition) is 4. The lowest BCUT2D eigenvalue weighted by atomic mass is 10.1. The molecule has 34 heavy (non-hydrogen) atoms. The van der Waals surface area contributed by atoms with Gasteiger partial charge in [-0.3, -0.25) is 13.6 Å². The van der Waals surface area contributed by atoms with Crippen LogP contribution in [0.3, 0.4) is 0 Å². The van der Waals surface area contributed by atoms with Gasteiger partial charge in [0.2, 0.25) is 0 Å². The highest BCUT2D eigenvalue weighted by Gasteiger charge is 2.20. The number of unbranched alkanes of at least 4 members (excludes halogenated alkanes) is 15. The predicted octanol–water partition coefficient (Wildman–Crippen LogP) is 11.0. The molecule has 0 heterocycles. The summed E-state index contributed by atoms with van der Waals surface area (Å²) in [7, 11) is -0.260. The highest BCUT2D eigenvalue weighted by atomic mass is 31.2. The Bertz CT molecular complexity index is 375. The van der Waals surface area contributed by atoms with Crippen LogP contribution in [-0.2, 0) is 18.1 Å². The fourth-order valence-electron chi connectivity index (χ4n) is 4.02. The molecule has 0 bridgehead atoms. The van der Waals surface area contributed by atoms with Gasteiger partial charge in [-0.15, -0.1) is 7.92 Å². The molecule has 208 valence electrons. The van der Waals surface area contributed by atoms with Crippen molar-refractivity contribution < 1.29 is 18.1 Å².